The van der Waals surface area contributed by atoms with E-state index in [0.717, 1.165) is 43.5 Å². The summed E-state index contributed by atoms with van der Waals surface area (Å²) in [7, 11) is 0. The van der Waals surface area contributed by atoms with Crippen molar-refractivity contribution >= 4 is 17.7 Å². The Hall–Kier alpha value is -2.05. The van der Waals surface area contributed by atoms with Gasteiger partial charge in [0.1, 0.15) is 17.5 Å². The lowest BCUT2D eigenvalue weighted by Crippen LogP contribution is -2.49. The highest BCUT2D eigenvalue weighted by molar-refractivity contribution is 5.68. The number of amides is 1. The summed E-state index contributed by atoms with van der Waals surface area (Å²) in [5.74, 6) is 3.20. The van der Waals surface area contributed by atoms with Crippen molar-refractivity contribution in [3.63, 3.8) is 0 Å². The van der Waals surface area contributed by atoms with Crippen molar-refractivity contribution in [2.75, 3.05) is 49.5 Å². The molecule has 1 aliphatic rings. The van der Waals surface area contributed by atoms with E-state index in [1.54, 1.807) is 4.90 Å². The monoisotopic (exact) mass is 335 g/mol. The lowest BCUT2D eigenvalue weighted by Gasteiger charge is -2.34. The second kappa shape index (κ2) is 8.70. The SMILES string of the molecule is CCOC(=O)N1CCN(c2cc(NCCC(C)C)nc(C)n2)CC1. The van der Waals surface area contributed by atoms with E-state index < -0.39 is 0 Å². The molecule has 1 fully saturated rings. The van der Waals surface area contributed by atoms with Gasteiger partial charge in [-0.25, -0.2) is 14.8 Å². The average molecular weight is 335 g/mol. The van der Waals surface area contributed by atoms with Crippen molar-refractivity contribution in [1.29, 1.82) is 0 Å². The minimum Gasteiger partial charge on any atom is -0.450 e. The van der Waals surface area contributed by atoms with Crippen LogP contribution >= 0.6 is 0 Å². The Bertz CT molecular complexity index is 542. The Balaban J connectivity index is 1.94. The normalized spacial score (nSPS) is 14.9. The van der Waals surface area contributed by atoms with Crippen LogP contribution in [0, 0.1) is 12.8 Å². The number of piperazine rings is 1. The molecule has 1 saturated heterocycles. The molecule has 2 heterocycles. The van der Waals surface area contributed by atoms with Gasteiger partial charge in [-0.1, -0.05) is 13.8 Å². The summed E-state index contributed by atoms with van der Waals surface area (Å²) in [6.45, 7) is 12.3. The molecule has 7 nitrogen and oxygen atoms in total. The predicted octanol–water partition coefficient (Wildman–Crippen LogP) is 2.52. The standard InChI is InChI=1S/C17H29N5O2/c1-5-24-17(23)22-10-8-21(9-11-22)16-12-15(19-14(4)20-16)18-7-6-13(2)3/h12-13H,5-11H2,1-4H3,(H,18,19,20). The first-order valence-electron chi connectivity index (χ1n) is 8.75. The highest BCUT2D eigenvalue weighted by Gasteiger charge is 2.23. The first-order chi connectivity index (χ1) is 11.5. The smallest absolute Gasteiger partial charge is 0.409 e. The van der Waals surface area contributed by atoms with E-state index in [4.69, 9.17) is 4.74 Å². The van der Waals surface area contributed by atoms with Gasteiger partial charge in [0, 0.05) is 38.8 Å². The topological polar surface area (TPSA) is 70.6 Å². The third-order valence-corrected chi connectivity index (χ3v) is 3.98. The summed E-state index contributed by atoms with van der Waals surface area (Å²) in [6, 6.07) is 1.99. The molecule has 0 radical (unpaired) electrons. The average Bonchev–Trinajstić information content (AvgIpc) is 2.54. The fraction of sp³-hybridized carbons (Fsp3) is 0.706. The lowest BCUT2D eigenvalue weighted by molar-refractivity contribution is 0.105. The van der Waals surface area contributed by atoms with Crippen LogP contribution in [0.3, 0.4) is 0 Å². The molecule has 1 aliphatic heterocycles. The molecular weight excluding hydrogens is 306 g/mol. The fourth-order valence-electron chi connectivity index (χ4n) is 2.63. The zero-order chi connectivity index (χ0) is 17.5. The van der Waals surface area contributed by atoms with Crippen molar-refractivity contribution in [3.8, 4) is 0 Å². The van der Waals surface area contributed by atoms with Crippen LogP contribution in [0.4, 0.5) is 16.4 Å². The third-order valence-electron chi connectivity index (χ3n) is 3.98. The van der Waals surface area contributed by atoms with Crippen molar-refractivity contribution in [3.05, 3.63) is 11.9 Å². The number of nitrogens with zero attached hydrogens (tertiary/aromatic N) is 4. The van der Waals surface area contributed by atoms with Crippen LogP contribution in [0.25, 0.3) is 0 Å². The van der Waals surface area contributed by atoms with Gasteiger partial charge in [-0.2, -0.15) is 0 Å². The maximum atomic E-state index is 11.8. The van der Waals surface area contributed by atoms with E-state index in [2.05, 4.69) is 34.0 Å². The van der Waals surface area contributed by atoms with Crippen LogP contribution in [0.5, 0.6) is 0 Å². The Morgan fingerprint density at radius 1 is 1.29 bits per heavy atom. The molecule has 0 saturated carbocycles. The summed E-state index contributed by atoms with van der Waals surface area (Å²) < 4.78 is 5.06. The van der Waals surface area contributed by atoms with E-state index >= 15 is 0 Å². The highest BCUT2D eigenvalue weighted by atomic mass is 16.6. The maximum absolute atomic E-state index is 11.8. The molecule has 134 valence electrons. The van der Waals surface area contributed by atoms with Gasteiger partial charge in [0.25, 0.3) is 0 Å². The number of rotatable bonds is 6. The number of carbonyl (C=O) groups excluding carboxylic acids is 1. The zero-order valence-electron chi connectivity index (χ0n) is 15.2. The molecule has 0 aromatic carbocycles. The van der Waals surface area contributed by atoms with E-state index in [9.17, 15) is 4.79 Å². The second-order valence-corrected chi connectivity index (χ2v) is 6.44. The molecule has 0 spiro atoms. The summed E-state index contributed by atoms with van der Waals surface area (Å²) in [5.41, 5.74) is 0. The van der Waals surface area contributed by atoms with Gasteiger partial charge in [-0.3, -0.25) is 0 Å². The summed E-state index contributed by atoms with van der Waals surface area (Å²) >= 11 is 0. The minimum atomic E-state index is -0.230. The predicted molar refractivity (Wildman–Crippen MR) is 95.5 cm³/mol. The zero-order valence-corrected chi connectivity index (χ0v) is 15.2. The number of hydrogen-bond acceptors (Lipinski definition) is 6. The van der Waals surface area contributed by atoms with E-state index in [0.29, 0.717) is 25.6 Å². The Labute approximate surface area is 144 Å². The van der Waals surface area contributed by atoms with E-state index in [1.807, 2.05) is 19.9 Å². The minimum absolute atomic E-state index is 0.230. The molecule has 7 heteroatoms. The Morgan fingerprint density at radius 3 is 2.62 bits per heavy atom. The molecule has 0 aliphatic carbocycles. The van der Waals surface area contributed by atoms with Crippen molar-refractivity contribution in [2.45, 2.75) is 34.1 Å². The first-order valence-corrected chi connectivity index (χ1v) is 8.75. The summed E-state index contributed by atoms with van der Waals surface area (Å²) in [6.07, 6.45) is 0.878. The van der Waals surface area contributed by atoms with E-state index in [1.165, 1.54) is 0 Å². The van der Waals surface area contributed by atoms with Crippen molar-refractivity contribution in [1.82, 2.24) is 14.9 Å². The van der Waals surface area contributed by atoms with Gasteiger partial charge in [0.05, 0.1) is 6.61 Å². The van der Waals surface area contributed by atoms with Gasteiger partial charge in [-0.15, -0.1) is 0 Å². The lowest BCUT2D eigenvalue weighted by atomic mass is 10.1. The van der Waals surface area contributed by atoms with Crippen LogP contribution in [0.15, 0.2) is 6.07 Å². The number of anilines is 2. The highest BCUT2D eigenvalue weighted by Crippen LogP contribution is 2.18. The molecular formula is C17H29N5O2. The molecule has 1 aromatic heterocycles. The number of ether oxygens (including phenoxy) is 1. The number of hydrogen-bond donors (Lipinski definition) is 1. The molecule has 24 heavy (non-hydrogen) atoms. The quantitative estimate of drug-likeness (QED) is 0.861. The van der Waals surface area contributed by atoms with Crippen molar-refractivity contribution in [2.24, 2.45) is 5.92 Å². The van der Waals surface area contributed by atoms with Gasteiger partial charge in [0.2, 0.25) is 0 Å². The number of carbonyl (C=O) groups is 1. The van der Waals surface area contributed by atoms with Gasteiger partial charge >= 0.3 is 6.09 Å². The molecule has 0 unspecified atom stereocenters. The second-order valence-electron chi connectivity index (χ2n) is 6.44. The maximum Gasteiger partial charge on any atom is 0.409 e. The van der Waals surface area contributed by atoms with Gasteiger partial charge < -0.3 is 19.9 Å². The summed E-state index contributed by atoms with van der Waals surface area (Å²) in [4.78, 5) is 24.7. The molecule has 1 aromatic rings. The largest absolute Gasteiger partial charge is 0.450 e. The molecule has 2 rings (SSSR count). The van der Waals surface area contributed by atoms with Crippen molar-refractivity contribution < 1.29 is 9.53 Å². The molecule has 0 bridgehead atoms. The molecule has 0 atom stereocenters. The van der Waals surface area contributed by atoms with Gasteiger partial charge in [0.15, 0.2) is 0 Å². The van der Waals surface area contributed by atoms with Gasteiger partial charge in [-0.05, 0) is 26.2 Å². The van der Waals surface area contributed by atoms with Crippen LogP contribution in [-0.2, 0) is 4.74 Å². The fourth-order valence-corrected chi connectivity index (χ4v) is 2.63. The van der Waals surface area contributed by atoms with E-state index in [-0.39, 0.29) is 6.09 Å². The Kier molecular flexibility index (Phi) is 6.63. The number of aromatic nitrogens is 2. The number of nitrogens with one attached hydrogen (secondary N) is 1. The molecule has 1 N–H and O–H groups in total. The van der Waals surface area contributed by atoms with Crippen LogP contribution < -0.4 is 10.2 Å². The third kappa shape index (κ3) is 5.25. The van der Waals surface area contributed by atoms with Crippen LogP contribution in [0.2, 0.25) is 0 Å². The Morgan fingerprint density at radius 2 is 2.00 bits per heavy atom. The first kappa shape index (κ1) is 18.3. The molecule has 1 amide bonds. The summed E-state index contributed by atoms with van der Waals surface area (Å²) in [5, 5.41) is 3.38. The van der Waals surface area contributed by atoms with Crippen LogP contribution in [0.1, 0.15) is 33.0 Å². The number of aryl methyl sites for hydroxylation is 1. The van der Waals surface area contributed by atoms with Crippen LogP contribution in [-0.4, -0.2) is 60.3 Å².